The monoisotopic (exact) mass is 428 g/mol. The number of phenols is 1. The van der Waals surface area contributed by atoms with E-state index in [0.29, 0.717) is 12.0 Å². The van der Waals surface area contributed by atoms with E-state index in [2.05, 4.69) is 31.2 Å². The third kappa shape index (κ3) is 10.3. The van der Waals surface area contributed by atoms with Crippen molar-refractivity contribution in [1.29, 1.82) is 0 Å². The molecule has 0 aromatic heterocycles. The molecule has 0 fully saturated rings. The molecule has 0 bridgehead atoms. The van der Waals surface area contributed by atoms with E-state index in [1.54, 1.807) is 12.1 Å². The Labute approximate surface area is 187 Å². The van der Waals surface area contributed by atoms with Crippen molar-refractivity contribution < 1.29 is 20.1 Å². The number of aliphatic hydroxyl groups is 2. The zero-order valence-corrected chi connectivity index (χ0v) is 19.1. The summed E-state index contributed by atoms with van der Waals surface area (Å²) in [4.78, 5) is 0. The summed E-state index contributed by atoms with van der Waals surface area (Å²) >= 11 is 0. The Morgan fingerprint density at radius 2 is 1.55 bits per heavy atom. The predicted molar refractivity (Wildman–Crippen MR) is 126 cm³/mol. The molecule has 2 aromatic carbocycles. The van der Waals surface area contributed by atoms with E-state index in [0.717, 1.165) is 50.9 Å². The summed E-state index contributed by atoms with van der Waals surface area (Å²) in [6.45, 7) is 3.62. The summed E-state index contributed by atoms with van der Waals surface area (Å²) in [7, 11) is 0. The molecule has 0 aliphatic rings. The second-order valence-corrected chi connectivity index (χ2v) is 8.53. The minimum absolute atomic E-state index is 0.0751. The molecule has 2 aromatic rings. The van der Waals surface area contributed by atoms with Crippen LogP contribution in [0.3, 0.4) is 0 Å². The van der Waals surface area contributed by atoms with E-state index in [4.69, 9.17) is 4.74 Å². The summed E-state index contributed by atoms with van der Waals surface area (Å²) < 4.78 is 5.76. The Kier molecular flexibility index (Phi) is 12.3. The van der Waals surface area contributed by atoms with E-state index in [9.17, 15) is 15.3 Å². The van der Waals surface area contributed by atoms with Gasteiger partial charge in [-0.2, -0.15) is 0 Å². The van der Waals surface area contributed by atoms with E-state index in [1.165, 1.54) is 42.9 Å². The fourth-order valence-electron chi connectivity index (χ4n) is 3.88. The van der Waals surface area contributed by atoms with E-state index < -0.39 is 6.10 Å². The summed E-state index contributed by atoms with van der Waals surface area (Å²) in [6, 6.07) is 13.6. The van der Waals surface area contributed by atoms with Crippen molar-refractivity contribution in [3.63, 3.8) is 0 Å². The van der Waals surface area contributed by atoms with Crippen LogP contribution in [0, 0.1) is 6.92 Å². The lowest BCUT2D eigenvalue weighted by Crippen LogP contribution is -1.99. The van der Waals surface area contributed by atoms with Gasteiger partial charge in [-0.25, -0.2) is 0 Å². The van der Waals surface area contributed by atoms with Crippen LogP contribution in [0.4, 0.5) is 0 Å². The Balaban J connectivity index is 1.39. The Hall–Kier alpha value is -1.88. The molecular formula is C27H40O4. The van der Waals surface area contributed by atoms with Crippen molar-refractivity contribution >= 4 is 0 Å². The quantitative estimate of drug-likeness (QED) is 0.287. The molecule has 31 heavy (non-hydrogen) atoms. The van der Waals surface area contributed by atoms with Crippen LogP contribution in [0.2, 0.25) is 0 Å². The molecule has 0 heterocycles. The fraction of sp³-hybridized carbons (Fsp3) is 0.556. The fourth-order valence-corrected chi connectivity index (χ4v) is 3.88. The molecular weight excluding hydrogens is 388 g/mol. The Bertz CT molecular complexity index is 744. The van der Waals surface area contributed by atoms with Crippen LogP contribution in [0.5, 0.6) is 5.75 Å². The summed E-state index contributed by atoms with van der Waals surface area (Å²) in [6.07, 6.45) is 10.5. The SMILES string of the molecule is Cc1cccc(CCCOCCCCCCCCC[C@H](O)c2ccc(O)c(CO)c2)c1. The molecule has 0 unspecified atom stereocenters. The maximum Gasteiger partial charge on any atom is 0.121 e. The van der Waals surface area contributed by atoms with Crippen LogP contribution in [0.25, 0.3) is 0 Å². The van der Waals surface area contributed by atoms with Gasteiger partial charge < -0.3 is 20.1 Å². The third-order valence-corrected chi connectivity index (χ3v) is 5.76. The van der Waals surface area contributed by atoms with Crippen LogP contribution in [-0.2, 0) is 17.8 Å². The first-order chi connectivity index (χ1) is 15.1. The van der Waals surface area contributed by atoms with Crippen molar-refractivity contribution in [2.75, 3.05) is 13.2 Å². The molecule has 0 spiro atoms. The number of hydrogen-bond donors (Lipinski definition) is 3. The van der Waals surface area contributed by atoms with Crippen molar-refractivity contribution in [1.82, 2.24) is 0 Å². The molecule has 0 aliphatic carbocycles. The molecule has 0 saturated carbocycles. The molecule has 0 amide bonds. The summed E-state index contributed by atoms with van der Waals surface area (Å²) in [5, 5.41) is 29.1. The number of aromatic hydroxyl groups is 1. The van der Waals surface area contributed by atoms with Gasteiger partial charge in [0.2, 0.25) is 0 Å². The highest BCUT2D eigenvalue weighted by molar-refractivity contribution is 5.36. The number of aryl methyl sites for hydroxylation is 2. The molecule has 172 valence electrons. The van der Waals surface area contributed by atoms with Crippen molar-refractivity contribution in [2.24, 2.45) is 0 Å². The van der Waals surface area contributed by atoms with Gasteiger partial charge in [0.05, 0.1) is 12.7 Å². The first-order valence-corrected chi connectivity index (χ1v) is 11.8. The smallest absolute Gasteiger partial charge is 0.121 e. The third-order valence-electron chi connectivity index (χ3n) is 5.76. The first-order valence-electron chi connectivity index (χ1n) is 11.8. The molecule has 0 radical (unpaired) electrons. The van der Waals surface area contributed by atoms with Gasteiger partial charge in [0.15, 0.2) is 0 Å². The highest BCUT2D eigenvalue weighted by Crippen LogP contribution is 2.25. The van der Waals surface area contributed by atoms with Gasteiger partial charge in [-0.3, -0.25) is 0 Å². The zero-order chi connectivity index (χ0) is 22.3. The second kappa shape index (κ2) is 15.0. The highest BCUT2D eigenvalue weighted by Gasteiger charge is 2.10. The number of ether oxygens (including phenoxy) is 1. The molecule has 1 atom stereocenters. The number of rotatable bonds is 16. The van der Waals surface area contributed by atoms with Gasteiger partial charge in [-0.15, -0.1) is 0 Å². The molecule has 3 N–H and O–H groups in total. The largest absolute Gasteiger partial charge is 0.508 e. The summed E-state index contributed by atoms with van der Waals surface area (Å²) in [5.41, 5.74) is 3.95. The standard InChI is InChI=1S/C27H40O4/c1-22-11-9-12-23(19-22)13-10-18-31-17-8-6-4-2-3-5-7-14-26(29)24-15-16-27(30)25(20-24)21-28/h9,11-12,15-16,19-20,26,28-30H,2-8,10,13-14,17-18,21H2,1H3/t26-/m0/s1. The maximum absolute atomic E-state index is 10.3. The molecule has 2 rings (SSSR count). The Morgan fingerprint density at radius 3 is 2.29 bits per heavy atom. The number of unbranched alkanes of at least 4 members (excludes halogenated alkanes) is 6. The topological polar surface area (TPSA) is 69.9 Å². The van der Waals surface area contributed by atoms with Crippen molar-refractivity contribution in [3.05, 3.63) is 64.7 Å². The van der Waals surface area contributed by atoms with Crippen LogP contribution in [0.15, 0.2) is 42.5 Å². The van der Waals surface area contributed by atoms with Crippen molar-refractivity contribution in [3.8, 4) is 5.75 Å². The van der Waals surface area contributed by atoms with Gasteiger partial charge in [-0.05, 0) is 55.9 Å². The van der Waals surface area contributed by atoms with Crippen LogP contribution >= 0.6 is 0 Å². The van der Waals surface area contributed by atoms with Crippen LogP contribution < -0.4 is 0 Å². The average molecular weight is 429 g/mol. The zero-order valence-electron chi connectivity index (χ0n) is 19.1. The number of hydrogen-bond acceptors (Lipinski definition) is 4. The Morgan fingerprint density at radius 1 is 0.839 bits per heavy atom. The van der Waals surface area contributed by atoms with Gasteiger partial charge in [0.1, 0.15) is 5.75 Å². The number of benzene rings is 2. The molecule has 4 heteroatoms. The second-order valence-electron chi connectivity index (χ2n) is 8.53. The highest BCUT2D eigenvalue weighted by atomic mass is 16.5. The molecule has 4 nitrogen and oxygen atoms in total. The van der Waals surface area contributed by atoms with Crippen molar-refractivity contribution in [2.45, 2.75) is 83.8 Å². The lowest BCUT2D eigenvalue weighted by Gasteiger charge is -2.12. The van der Waals surface area contributed by atoms with E-state index in [1.807, 2.05) is 0 Å². The van der Waals surface area contributed by atoms with Gasteiger partial charge >= 0.3 is 0 Å². The lowest BCUT2D eigenvalue weighted by atomic mass is 10.00. The van der Waals surface area contributed by atoms with Crippen LogP contribution in [0.1, 0.15) is 86.1 Å². The number of aliphatic hydroxyl groups excluding tert-OH is 2. The maximum atomic E-state index is 10.3. The van der Waals surface area contributed by atoms with Crippen LogP contribution in [-0.4, -0.2) is 28.5 Å². The van der Waals surface area contributed by atoms with E-state index >= 15 is 0 Å². The minimum atomic E-state index is -0.533. The molecule has 0 aliphatic heterocycles. The first kappa shape index (κ1) is 25.4. The summed E-state index contributed by atoms with van der Waals surface area (Å²) in [5.74, 6) is 0.0751. The van der Waals surface area contributed by atoms with Gasteiger partial charge in [0.25, 0.3) is 0 Å². The average Bonchev–Trinajstić information content (AvgIpc) is 2.77. The predicted octanol–water partition coefficient (Wildman–Crippen LogP) is 6.00. The van der Waals surface area contributed by atoms with Gasteiger partial charge in [0, 0.05) is 18.8 Å². The van der Waals surface area contributed by atoms with E-state index in [-0.39, 0.29) is 12.4 Å². The molecule has 0 saturated heterocycles. The minimum Gasteiger partial charge on any atom is -0.508 e. The lowest BCUT2D eigenvalue weighted by molar-refractivity contribution is 0.127. The normalized spacial score (nSPS) is 12.2. The van der Waals surface area contributed by atoms with Gasteiger partial charge in [-0.1, -0.05) is 74.4 Å².